The van der Waals surface area contributed by atoms with E-state index in [-0.39, 0.29) is 12.1 Å². The molecule has 0 aliphatic rings. The maximum absolute atomic E-state index is 14.4. The van der Waals surface area contributed by atoms with Gasteiger partial charge in [0.15, 0.2) is 0 Å². The minimum atomic E-state index is -1.75. The van der Waals surface area contributed by atoms with Crippen molar-refractivity contribution < 1.29 is 18.0 Å². The lowest BCUT2D eigenvalue weighted by molar-refractivity contribution is 0.1000. The van der Waals surface area contributed by atoms with Crippen LogP contribution in [0.5, 0.6) is 0 Å². The van der Waals surface area contributed by atoms with Gasteiger partial charge in [-0.05, 0) is 49.2 Å². The number of nitrogens with one attached hydrogen (secondary N) is 1. The second-order valence-electron chi connectivity index (χ2n) is 8.23. The zero-order valence-corrected chi connectivity index (χ0v) is 21.2. The van der Waals surface area contributed by atoms with E-state index in [4.69, 9.17) is 17.3 Å². The summed E-state index contributed by atoms with van der Waals surface area (Å²) in [6.07, 6.45) is 6.64. The minimum Gasteiger partial charge on any atom is -0.379 e. The van der Waals surface area contributed by atoms with Crippen molar-refractivity contribution in [2.75, 3.05) is 12.2 Å². The van der Waals surface area contributed by atoms with E-state index >= 15 is 0 Å². The number of hydrogen-bond donors (Lipinski definition) is 2. The number of fused-ring (bicyclic) bond motifs is 1. The largest absolute Gasteiger partial charge is 0.379 e. The van der Waals surface area contributed by atoms with Crippen LogP contribution in [0.15, 0.2) is 48.8 Å². The third-order valence-corrected chi connectivity index (χ3v) is 6.13. The number of unbranched alkanes of at least 4 members (excludes halogenated alkanes) is 1. The number of benzene rings is 2. The molecule has 0 radical (unpaired) electrons. The van der Waals surface area contributed by atoms with Gasteiger partial charge in [-0.3, -0.25) is 9.78 Å². The van der Waals surface area contributed by atoms with Gasteiger partial charge in [0, 0.05) is 47.4 Å². The Bertz CT molecular complexity index is 1380. The average molecular weight is 530 g/mol. The molecule has 2 heterocycles. The van der Waals surface area contributed by atoms with Crippen LogP contribution in [0.1, 0.15) is 47.2 Å². The Hall–Kier alpha value is -3.72. The molecule has 0 atom stereocenters. The standard InChI is InChI=1S/C26H25ClFN5O.CH2F2/c1-3-4-5-23-30-13-19(14-31-23)16-7-9-22-20(11-16)25(24(27)15(2)33-22)32-12-18-10-17(26(29)34)6-8-21(18)28;2-1-3/h6-11,13-14H,3-5,12H2,1-2H3,(H2,29,34)(H,32,33);1H2. The Morgan fingerprint density at radius 3 is 2.43 bits per heavy atom. The van der Waals surface area contributed by atoms with Crippen molar-refractivity contribution in [3.8, 4) is 11.1 Å². The summed E-state index contributed by atoms with van der Waals surface area (Å²) in [5, 5.41) is 4.47. The van der Waals surface area contributed by atoms with Crippen LogP contribution >= 0.6 is 11.6 Å². The van der Waals surface area contributed by atoms with Crippen molar-refractivity contribution >= 4 is 34.1 Å². The number of carbonyl (C=O) groups excluding carboxylic acids is 1. The summed E-state index contributed by atoms with van der Waals surface area (Å²) in [6, 6.07) is 9.89. The van der Waals surface area contributed by atoms with Gasteiger partial charge < -0.3 is 11.1 Å². The second kappa shape index (κ2) is 13.0. The van der Waals surface area contributed by atoms with Crippen LogP contribution in [-0.2, 0) is 13.0 Å². The molecule has 10 heteroatoms. The number of halogens is 4. The summed E-state index contributed by atoms with van der Waals surface area (Å²) in [4.78, 5) is 25.1. The van der Waals surface area contributed by atoms with Crippen molar-refractivity contribution in [3.63, 3.8) is 0 Å². The summed E-state index contributed by atoms with van der Waals surface area (Å²) in [5.41, 5.74) is 9.72. The first-order chi connectivity index (χ1) is 17.8. The lowest BCUT2D eigenvalue weighted by Gasteiger charge is -2.15. The molecule has 2 aromatic heterocycles. The predicted molar refractivity (Wildman–Crippen MR) is 140 cm³/mol. The van der Waals surface area contributed by atoms with E-state index in [1.54, 1.807) is 0 Å². The number of hydrogen-bond acceptors (Lipinski definition) is 5. The van der Waals surface area contributed by atoms with Crippen molar-refractivity contribution in [3.05, 3.63) is 82.3 Å². The quantitative estimate of drug-likeness (QED) is 0.264. The number of nitrogens with zero attached hydrogens (tertiary/aromatic N) is 3. The maximum atomic E-state index is 14.4. The predicted octanol–water partition coefficient (Wildman–Crippen LogP) is 6.73. The van der Waals surface area contributed by atoms with Gasteiger partial charge in [0.25, 0.3) is 0 Å². The molecule has 6 nitrogen and oxygen atoms in total. The summed E-state index contributed by atoms with van der Waals surface area (Å²) < 4.78 is 33.6. The van der Waals surface area contributed by atoms with Gasteiger partial charge >= 0.3 is 0 Å². The van der Waals surface area contributed by atoms with Gasteiger partial charge in [0.05, 0.1) is 21.9 Å². The molecule has 0 fully saturated rings. The first-order valence-electron chi connectivity index (χ1n) is 11.6. The Morgan fingerprint density at radius 2 is 1.78 bits per heavy atom. The number of nitrogens with two attached hydrogens (primary N) is 1. The molecule has 0 bridgehead atoms. The highest BCUT2D eigenvalue weighted by atomic mass is 35.5. The number of amides is 1. The first kappa shape index (κ1) is 27.9. The Kier molecular flexibility index (Phi) is 9.79. The highest BCUT2D eigenvalue weighted by Gasteiger charge is 2.14. The highest BCUT2D eigenvalue weighted by molar-refractivity contribution is 6.35. The third kappa shape index (κ3) is 6.95. The van der Waals surface area contributed by atoms with Crippen molar-refractivity contribution in [2.24, 2.45) is 5.73 Å². The fourth-order valence-electron chi connectivity index (χ4n) is 3.73. The van der Waals surface area contributed by atoms with Crippen LogP contribution in [0.4, 0.5) is 18.9 Å². The lowest BCUT2D eigenvalue weighted by atomic mass is 10.0. The molecule has 0 unspecified atom stereocenters. The van der Waals surface area contributed by atoms with E-state index in [2.05, 4.69) is 27.2 Å². The molecule has 0 spiro atoms. The normalized spacial score (nSPS) is 10.6. The molecule has 0 saturated heterocycles. The Balaban J connectivity index is 0.00000121. The highest BCUT2D eigenvalue weighted by Crippen LogP contribution is 2.35. The molecular weight excluding hydrogens is 503 g/mol. The topological polar surface area (TPSA) is 93.8 Å². The monoisotopic (exact) mass is 529 g/mol. The molecule has 0 aliphatic carbocycles. The molecule has 2 aromatic carbocycles. The molecule has 3 N–H and O–H groups in total. The molecule has 4 rings (SSSR count). The van der Waals surface area contributed by atoms with Crippen molar-refractivity contribution in [1.82, 2.24) is 15.0 Å². The molecular formula is C27H27ClF3N5O. The van der Waals surface area contributed by atoms with Gasteiger partial charge in [-0.2, -0.15) is 0 Å². The maximum Gasteiger partial charge on any atom is 0.248 e. The van der Waals surface area contributed by atoms with Gasteiger partial charge in [-0.1, -0.05) is 31.0 Å². The fourth-order valence-corrected chi connectivity index (χ4v) is 3.94. The number of carbonyl (C=O) groups is 1. The van der Waals surface area contributed by atoms with E-state index in [9.17, 15) is 18.0 Å². The Morgan fingerprint density at radius 1 is 1.08 bits per heavy atom. The molecule has 37 heavy (non-hydrogen) atoms. The zero-order chi connectivity index (χ0) is 26.9. The van der Waals surface area contributed by atoms with Crippen LogP contribution in [-0.4, -0.2) is 27.8 Å². The van der Waals surface area contributed by atoms with E-state index in [1.165, 1.54) is 18.2 Å². The molecule has 4 aromatic rings. The van der Waals surface area contributed by atoms with Gasteiger partial charge in [0.2, 0.25) is 12.8 Å². The van der Waals surface area contributed by atoms with E-state index in [1.807, 2.05) is 37.5 Å². The molecule has 1 amide bonds. The van der Waals surface area contributed by atoms with Crippen LogP contribution in [0, 0.1) is 12.7 Å². The van der Waals surface area contributed by atoms with Crippen LogP contribution in [0.2, 0.25) is 5.02 Å². The number of alkyl halides is 2. The number of aromatic nitrogens is 3. The summed E-state index contributed by atoms with van der Waals surface area (Å²) >= 11 is 6.61. The average Bonchev–Trinajstić information content (AvgIpc) is 2.89. The number of primary amides is 1. The zero-order valence-electron chi connectivity index (χ0n) is 20.5. The smallest absolute Gasteiger partial charge is 0.248 e. The van der Waals surface area contributed by atoms with E-state index in [0.29, 0.717) is 22.0 Å². The van der Waals surface area contributed by atoms with E-state index < -0.39 is 18.7 Å². The number of anilines is 1. The minimum absolute atomic E-state index is 0.116. The van der Waals surface area contributed by atoms with Crippen LogP contribution in [0.25, 0.3) is 22.0 Å². The van der Waals surface area contributed by atoms with Gasteiger partial charge in [-0.25, -0.2) is 23.1 Å². The molecule has 194 valence electrons. The second-order valence-corrected chi connectivity index (χ2v) is 8.61. The van der Waals surface area contributed by atoms with Gasteiger partial charge in [-0.15, -0.1) is 0 Å². The summed E-state index contributed by atoms with van der Waals surface area (Å²) in [6.45, 7) is 2.32. The molecule has 0 aliphatic heterocycles. The third-order valence-electron chi connectivity index (χ3n) is 5.67. The van der Waals surface area contributed by atoms with Crippen LogP contribution in [0.3, 0.4) is 0 Å². The summed E-state index contributed by atoms with van der Waals surface area (Å²) in [7, 11) is 0. The first-order valence-corrected chi connectivity index (χ1v) is 12.0. The lowest BCUT2D eigenvalue weighted by Crippen LogP contribution is -2.12. The van der Waals surface area contributed by atoms with Gasteiger partial charge in [0.1, 0.15) is 11.6 Å². The Labute approximate surface area is 218 Å². The number of rotatable bonds is 8. The van der Waals surface area contributed by atoms with Crippen molar-refractivity contribution in [2.45, 2.75) is 39.7 Å². The fraction of sp³-hybridized carbons (Fsp3) is 0.259. The summed E-state index contributed by atoms with van der Waals surface area (Å²) in [5.74, 6) is -0.226. The number of pyridine rings is 1. The number of aryl methyl sites for hydroxylation is 2. The van der Waals surface area contributed by atoms with Crippen LogP contribution < -0.4 is 11.1 Å². The van der Waals surface area contributed by atoms with Crippen molar-refractivity contribution in [1.29, 1.82) is 0 Å². The van der Waals surface area contributed by atoms with E-state index in [0.717, 1.165) is 47.1 Å². The SMILES string of the molecule is CCCCc1ncc(-c2ccc3nc(C)c(Cl)c(NCc4cc(C(N)=O)ccc4F)c3c2)cn1.FCF. The molecule has 0 saturated carbocycles.